The topological polar surface area (TPSA) is 42.5 Å². The molecule has 0 saturated carbocycles. The van der Waals surface area contributed by atoms with Crippen LogP contribution >= 0.6 is 11.6 Å². The van der Waals surface area contributed by atoms with Crippen LogP contribution in [0, 0.1) is 0 Å². The Labute approximate surface area is 125 Å². The van der Waals surface area contributed by atoms with Gasteiger partial charge in [0, 0.05) is 24.2 Å². The van der Waals surface area contributed by atoms with Crippen LogP contribution in [0.1, 0.15) is 26.2 Å². The number of halogens is 1. The average molecular weight is 299 g/mol. The molecule has 2 unspecified atom stereocenters. The van der Waals surface area contributed by atoms with Gasteiger partial charge in [-0.15, -0.1) is 0 Å². The van der Waals surface area contributed by atoms with Crippen LogP contribution in [0.15, 0.2) is 12.1 Å². The number of hydrogen-bond donors (Lipinski definition) is 2. The Morgan fingerprint density at radius 2 is 2.10 bits per heavy atom. The fraction of sp³-hybridized carbons (Fsp3) is 0.600. The first-order chi connectivity index (χ1) is 9.63. The molecule has 1 saturated heterocycles. The van der Waals surface area contributed by atoms with Crippen LogP contribution in [0.2, 0.25) is 5.02 Å². The van der Waals surface area contributed by atoms with E-state index in [1.54, 1.807) is 20.3 Å². The van der Waals surface area contributed by atoms with Crippen molar-refractivity contribution in [2.45, 2.75) is 38.3 Å². The molecule has 0 bridgehead atoms. The molecule has 0 aliphatic carbocycles. The number of benzene rings is 1. The highest BCUT2D eigenvalue weighted by molar-refractivity contribution is 6.32. The maximum atomic E-state index is 6.11. The van der Waals surface area contributed by atoms with Gasteiger partial charge in [-0.3, -0.25) is 0 Å². The molecular weight excluding hydrogens is 276 g/mol. The molecule has 1 heterocycles. The third-order valence-corrected chi connectivity index (χ3v) is 3.97. The van der Waals surface area contributed by atoms with Crippen LogP contribution in [0.4, 0.5) is 5.69 Å². The summed E-state index contributed by atoms with van der Waals surface area (Å²) in [5.41, 5.74) is 0.916. The molecule has 1 aromatic carbocycles. The average Bonchev–Trinajstić information content (AvgIpc) is 2.92. The number of rotatable bonds is 6. The third-order valence-electron chi connectivity index (χ3n) is 3.68. The molecule has 2 rings (SSSR count). The van der Waals surface area contributed by atoms with Gasteiger partial charge in [-0.2, -0.15) is 0 Å². The van der Waals surface area contributed by atoms with E-state index in [2.05, 4.69) is 17.6 Å². The molecule has 5 heteroatoms. The molecule has 0 aromatic heterocycles. The zero-order valence-electron chi connectivity index (χ0n) is 12.3. The summed E-state index contributed by atoms with van der Waals surface area (Å²) >= 11 is 6.11. The van der Waals surface area contributed by atoms with E-state index < -0.39 is 0 Å². The van der Waals surface area contributed by atoms with Gasteiger partial charge >= 0.3 is 0 Å². The molecule has 1 fully saturated rings. The smallest absolute Gasteiger partial charge is 0.143 e. The minimum atomic E-state index is 0.352. The van der Waals surface area contributed by atoms with E-state index in [9.17, 15) is 0 Å². The Morgan fingerprint density at radius 1 is 1.35 bits per heavy atom. The SMILES string of the molecule is COc1cc(NC(C)CC2CCCN2)c(OC)cc1Cl. The zero-order valence-corrected chi connectivity index (χ0v) is 13.1. The number of hydrogen-bond acceptors (Lipinski definition) is 4. The number of ether oxygens (including phenoxy) is 2. The lowest BCUT2D eigenvalue weighted by atomic mass is 10.1. The van der Waals surface area contributed by atoms with Crippen molar-refractivity contribution in [3.63, 3.8) is 0 Å². The lowest BCUT2D eigenvalue weighted by Gasteiger charge is -2.21. The van der Waals surface area contributed by atoms with Crippen LogP contribution in [0.3, 0.4) is 0 Å². The normalized spacial score (nSPS) is 19.7. The summed E-state index contributed by atoms with van der Waals surface area (Å²) in [6.45, 7) is 3.32. The first kappa shape index (κ1) is 15.3. The van der Waals surface area contributed by atoms with Crippen molar-refractivity contribution in [2.75, 3.05) is 26.1 Å². The standard InChI is InChI=1S/C15H23ClN2O2/c1-10(7-11-5-4-6-17-11)18-13-9-14(19-2)12(16)8-15(13)20-3/h8-11,17-18H,4-7H2,1-3H3. The van der Waals surface area contributed by atoms with E-state index in [-0.39, 0.29) is 0 Å². The molecule has 0 radical (unpaired) electrons. The van der Waals surface area contributed by atoms with E-state index in [1.807, 2.05) is 6.07 Å². The Morgan fingerprint density at radius 3 is 2.70 bits per heavy atom. The second kappa shape index (κ2) is 7.04. The highest BCUT2D eigenvalue weighted by Gasteiger charge is 2.18. The predicted octanol–water partition coefficient (Wildman–Crippen LogP) is 3.30. The van der Waals surface area contributed by atoms with Crippen molar-refractivity contribution < 1.29 is 9.47 Å². The molecule has 1 aliphatic heterocycles. The number of nitrogens with one attached hydrogen (secondary N) is 2. The van der Waals surface area contributed by atoms with Gasteiger partial charge in [0.2, 0.25) is 0 Å². The van der Waals surface area contributed by atoms with E-state index in [0.717, 1.165) is 24.4 Å². The second-order valence-corrected chi connectivity index (χ2v) is 5.67. The molecule has 4 nitrogen and oxygen atoms in total. The van der Waals surface area contributed by atoms with Crippen molar-refractivity contribution >= 4 is 17.3 Å². The van der Waals surface area contributed by atoms with Gasteiger partial charge in [0.05, 0.1) is 24.9 Å². The van der Waals surface area contributed by atoms with Gasteiger partial charge in [-0.1, -0.05) is 11.6 Å². The monoisotopic (exact) mass is 298 g/mol. The van der Waals surface area contributed by atoms with Crippen LogP contribution in [-0.4, -0.2) is 32.8 Å². The van der Waals surface area contributed by atoms with Gasteiger partial charge < -0.3 is 20.1 Å². The molecule has 2 N–H and O–H groups in total. The van der Waals surface area contributed by atoms with E-state index in [0.29, 0.717) is 22.9 Å². The van der Waals surface area contributed by atoms with Crippen molar-refractivity contribution in [3.8, 4) is 11.5 Å². The minimum Gasteiger partial charge on any atom is -0.495 e. The summed E-state index contributed by atoms with van der Waals surface area (Å²) in [4.78, 5) is 0. The van der Waals surface area contributed by atoms with Crippen LogP contribution in [-0.2, 0) is 0 Å². The van der Waals surface area contributed by atoms with E-state index in [1.165, 1.54) is 12.8 Å². The zero-order chi connectivity index (χ0) is 14.5. The van der Waals surface area contributed by atoms with Crippen molar-refractivity contribution in [3.05, 3.63) is 17.2 Å². The highest BCUT2D eigenvalue weighted by atomic mass is 35.5. The summed E-state index contributed by atoms with van der Waals surface area (Å²) in [6, 6.07) is 4.63. The summed E-state index contributed by atoms with van der Waals surface area (Å²) in [5, 5.41) is 7.56. The first-order valence-corrected chi connectivity index (χ1v) is 7.43. The van der Waals surface area contributed by atoms with E-state index >= 15 is 0 Å². The first-order valence-electron chi connectivity index (χ1n) is 7.05. The lowest BCUT2D eigenvalue weighted by molar-refractivity contribution is 0.404. The quantitative estimate of drug-likeness (QED) is 0.845. The third kappa shape index (κ3) is 3.70. The van der Waals surface area contributed by atoms with Gasteiger partial charge in [-0.05, 0) is 32.7 Å². The summed E-state index contributed by atoms with van der Waals surface area (Å²) in [5.74, 6) is 1.39. The van der Waals surface area contributed by atoms with Crippen LogP contribution in [0.5, 0.6) is 11.5 Å². The van der Waals surface area contributed by atoms with Crippen molar-refractivity contribution in [1.29, 1.82) is 0 Å². The van der Waals surface area contributed by atoms with Crippen molar-refractivity contribution in [2.24, 2.45) is 0 Å². The van der Waals surface area contributed by atoms with Crippen LogP contribution < -0.4 is 20.1 Å². The second-order valence-electron chi connectivity index (χ2n) is 5.26. The maximum absolute atomic E-state index is 6.11. The van der Waals surface area contributed by atoms with Gasteiger partial charge in [0.1, 0.15) is 11.5 Å². The Bertz CT molecular complexity index is 448. The predicted molar refractivity (Wildman–Crippen MR) is 83.3 cm³/mol. The Balaban J connectivity index is 2.06. The highest BCUT2D eigenvalue weighted by Crippen LogP contribution is 2.36. The van der Waals surface area contributed by atoms with Gasteiger partial charge in [-0.25, -0.2) is 0 Å². The fourth-order valence-electron chi connectivity index (χ4n) is 2.68. The fourth-order valence-corrected chi connectivity index (χ4v) is 2.91. The number of methoxy groups -OCH3 is 2. The van der Waals surface area contributed by atoms with Crippen molar-refractivity contribution in [1.82, 2.24) is 5.32 Å². The van der Waals surface area contributed by atoms with E-state index in [4.69, 9.17) is 21.1 Å². The summed E-state index contributed by atoms with van der Waals surface area (Å²) < 4.78 is 10.6. The van der Waals surface area contributed by atoms with Gasteiger partial charge in [0.15, 0.2) is 0 Å². The molecule has 20 heavy (non-hydrogen) atoms. The molecule has 112 valence electrons. The molecule has 0 spiro atoms. The van der Waals surface area contributed by atoms with Crippen LogP contribution in [0.25, 0.3) is 0 Å². The Hall–Kier alpha value is -1.13. The number of anilines is 1. The maximum Gasteiger partial charge on any atom is 0.143 e. The molecule has 1 aliphatic rings. The van der Waals surface area contributed by atoms with Gasteiger partial charge in [0.25, 0.3) is 0 Å². The molecule has 1 aromatic rings. The molecule has 0 amide bonds. The largest absolute Gasteiger partial charge is 0.495 e. The molecular formula is C15H23ClN2O2. The summed E-state index contributed by atoms with van der Waals surface area (Å²) in [7, 11) is 3.26. The summed E-state index contributed by atoms with van der Waals surface area (Å²) in [6.07, 6.45) is 3.62. The minimum absolute atomic E-state index is 0.352. The Kier molecular flexibility index (Phi) is 5.38. The lowest BCUT2D eigenvalue weighted by Crippen LogP contribution is -2.29. The molecule has 2 atom stereocenters.